The molecule has 3 aromatic rings. The summed E-state index contributed by atoms with van der Waals surface area (Å²) in [6, 6.07) is 14.4. The Morgan fingerprint density at radius 1 is 0.878 bits per heavy atom. The molecule has 41 heavy (non-hydrogen) atoms. The van der Waals surface area contributed by atoms with Gasteiger partial charge in [0.2, 0.25) is 5.95 Å². The van der Waals surface area contributed by atoms with Crippen LogP contribution in [0.4, 0.5) is 23.1 Å². The van der Waals surface area contributed by atoms with E-state index in [-0.39, 0.29) is 16.1 Å². The van der Waals surface area contributed by atoms with Gasteiger partial charge in [-0.1, -0.05) is 33.8 Å². The van der Waals surface area contributed by atoms with Crippen molar-refractivity contribution in [1.29, 1.82) is 0 Å². The van der Waals surface area contributed by atoms with Gasteiger partial charge < -0.3 is 30.7 Å². The lowest BCUT2D eigenvalue weighted by molar-refractivity contribution is 0.137. The third kappa shape index (κ3) is 11.6. The molecule has 0 saturated carbocycles. The van der Waals surface area contributed by atoms with Crippen LogP contribution in [-0.2, 0) is 14.6 Å². The molecule has 0 atom stereocenters. The normalized spacial score (nSPS) is 11.8. The van der Waals surface area contributed by atoms with Crippen molar-refractivity contribution in [3.05, 3.63) is 60.3 Å². The zero-order valence-corrected chi connectivity index (χ0v) is 25.6. The summed E-state index contributed by atoms with van der Waals surface area (Å²) in [6.45, 7) is 15.0. The highest BCUT2D eigenvalue weighted by Gasteiger charge is 2.23. The minimum absolute atomic E-state index is 0.0672. The van der Waals surface area contributed by atoms with Crippen molar-refractivity contribution >= 4 is 33.0 Å². The van der Waals surface area contributed by atoms with Crippen molar-refractivity contribution in [2.24, 2.45) is 5.41 Å². The maximum Gasteiger partial charge on any atom is 0.229 e. The molecule has 3 rings (SSSR count). The SMILES string of the molecule is CCNCCOCCNCCOc1ccc(Nc2ncc(C)c(Nc3cccc(S(=O)(=O)CC(C)(C)C)c3)n2)cc1. The van der Waals surface area contributed by atoms with Crippen LogP contribution >= 0.6 is 0 Å². The van der Waals surface area contributed by atoms with Gasteiger partial charge in [0, 0.05) is 42.8 Å². The predicted octanol–water partition coefficient (Wildman–Crippen LogP) is 4.69. The highest BCUT2D eigenvalue weighted by atomic mass is 32.2. The predicted molar refractivity (Wildman–Crippen MR) is 165 cm³/mol. The minimum atomic E-state index is -3.42. The maximum atomic E-state index is 12.9. The van der Waals surface area contributed by atoms with Crippen LogP contribution in [0, 0.1) is 12.3 Å². The number of hydrogen-bond donors (Lipinski definition) is 4. The van der Waals surface area contributed by atoms with Crippen molar-refractivity contribution in [3.63, 3.8) is 0 Å². The number of anilines is 4. The molecule has 0 radical (unpaired) electrons. The van der Waals surface area contributed by atoms with Gasteiger partial charge in [0.15, 0.2) is 9.84 Å². The van der Waals surface area contributed by atoms with Crippen molar-refractivity contribution < 1.29 is 17.9 Å². The molecule has 224 valence electrons. The Balaban J connectivity index is 1.50. The van der Waals surface area contributed by atoms with Crippen molar-refractivity contribution in [2.45, 2.75) is 39.5 Å². The first-order valence-corrected chi connectivity index (χ1v) is 15.6. The number of nitrogens with one attached hydrogen (secondary N) is 4. The zero-order chi connectivity index (χ0) is 29.7. The molecule has 11 heteroatoms. The van der Waals surface area contributed by atoms with E-state index in [1.54, 1.807) is 24.4 Å². The number of rotatable bonds is 17. The van der Waals surface area contributed by atoms with Crippen LogP contribution in [0.2, 0.25) is 0 Å². The maximum absolute atomic E-state index is 12.9. The number of benzene rings is 2. The first kappa shape index (κ1) is 32.3. The molecule has 0 unspecified atom stereocenters. The summed E-state index contributed by atoms with van der Waals surface area (Å²) in [5.41, 5.74) is 1.95. The zero-order valence-electron chi connectivity index (χ0n) is 24.8. The van der Waals surface area contributed by atoms with Gasteiger partial charge >= 0.3 is 0 Å². The topological polar surface area (TPSA) is 126 Å². The summed E-state index contributed by atoms with van der Waals surface area (Å²) < 4.78 is 37.1. The molecule has 0 amide bonds. The van der Waals surface area contributed by atoms with Gasteiger partial charge in [-0.05, 0) is 61.3 Å². The largest absolute Gasteiger partial charge is 0.492 e. The lowest BCUT2D eigenvalue weighted by Gasteiger charge is -2.18. The molecule has 0 spiro atoms. The molecule has 2 aromatic carbocycles. The molecule has 0 aliphatic carbocycles. The van der Waals surface area contributed by atoms with Crippen LogP contribution in [0.1, 0.15) is 33.3 Å². The summed E-state index contributed by atoms with van der Waals surface area (Å²) in [6.07, 6.45) is 1.72. The van der Waals surface area contributed by atoms with Crippen LogP contribution in [0.25, 0.3) is 0 Å². The highest BCUT2D eigenvalue weighted by molar-refractivity contribution is 7.91. The Bertz CT molecular complexity index is 1330. The smallest absolute Gasteiger partial charge is 0.229 e. The molecule has 0 aliphatic heterocycles. The third-order valence-electron chi connectivity index (χ3n) is 5.81. The Morgan fingerprint density at radius 2 is 1.59 bits per heavy atom. The van der Waals surface area contributed by atoms with E-state index in [1.807, 2.05) is 58.0 Å². The van der Waals surface area contributed by atoms with Crippen LogP contribution in [0.15, 0.2) is 59.6 Å². The molecule has 0 fully saturated rings. The van der Waals surface area contributed by atoms with Crippen molar-refractivity contribution in [1.82, 2.24) is 20.6 Å². The van der Waals surface area contributed by atoms with Crippen LogP contribution < -0.4 is 26.0 Å². The monoisotopic (exact) mass is 584 g/mol. The number of sulfone groups is 1. The standard InChI is InChI=1S/C30H44N6O4S/c1-6-31-14-17-39-18-15-32-16-19-40-26-12-10-24(11-13-26)35-29-33-21-23(2)28(36-29)34-25-8-7-9-27(20-25)41(37,38)22-30(3,4)5/h7-13,20-21,31-32H,6,14-19,22H2,1-5H3,(H2,33,34,35,36). The van der Waals surface area contributed by atoms with Crippen molar-refractivity contribution in [2.75, 3.05) is 62.4 Å². The molecule has 0 saturated heterocycles. The Hall–Kier alpha value is -3.25. The van der Waals surface area contributed by atoms with Gasteiger partial charge in [0.05, 0.1) is 23.9 Å². The molecule has 0 bridgehead atoms. The molecule has 1 aromatic heterocycles. The first-order chi connectivity index (χ1) is 19.6. The summed E-state index contributed by atoms with van der Waals surface area (Å²) in [5, 5.41) is 13.0. The van der Waals surface area contributed by atoms with E-state index in [9.17, 15) is 8.42 Å². The second kappa shape index (κ2) is 15.7. The lowest BCUT2D eigenvalue weighted by atomic mass is 10.0. The molecule has 10 nitrogen and oxygen atoms in total. The van der Waals surface area contributed by atoms with Gasteiger partial charge in [0.1, 0.15) is 18.2 Å². The van der Waals surface area contributed by atoms with Gasteiger partial charge in [0.25, 0.3) is 0 Å². The average Bonchev–Trinajstić information content (AvgIpc) is 2.91. The summed E-state index contributed by atoms with van der Waals surface area (Å²) in [5.74, 6) is 1.84. The fourth-order valence-electron chi connectivity index (χ4n) is 3.88. The van der Waals surface area contributed by atoms with E-state index in [0.717, 1.165) is 49.8 Å². The molecular weight excluding hydrogens is 540 g/mol. The fraction of sp³-hybridized carbons (Fsp3) is 0.467. The van der Waals surface area contributed by atoms with Gasteiger partial charge in [-0.3, -0.25) is 0 Å². The average molecular weight is 585 g/mol. The number of aromatic nitrogens is 2. The molecule has 0 aliphatic rings. The Labute approximate surface area is 244 Å². The van der Waals surface area contributed by atoms with Gasteiger partial charge in [-0.15, -0.1) is 0 Å². The highest BCUT2D eigenvalue weighted by Crippen LogP contribution is 2.26. The molecular formula is C30H44N6O4S. The van der Waals surface area contributed by atoms with Crippen LogP contribution in [-0.4, -0.2) is 70.1 Å². The Kier molecular flexibility index (Phi) is 12.3. The van der Waals surface area contributed by atoms with E-state index in [2.05, 4.69) is 38.2 Å². The van der Waals surface area contributed by atoms with E-state index < -0.39 is 9.84 Å². The number of ether oxygens (including phenoxy) is 2. The van der Waals surface area contributed by atoms with Crippen LogP contribution in [0.3, 0.4) is 0 Å². The third-order valence-corrected chi connectivity index (χ3v) is 8.02. The fourth-order valence-corrected chi connectivity index (χ4v) is 5.78. The number of likely N-dealkylation sites (N-methyl/N-ethyl adjacent to an activating group) is 1. The molecule has 4 N–H and O–H groups in total. The molecule has 1 heterocycles. The summed E-state index contributed by atoms with van der Waals surface area (Å²) in [4.78, 5) is 9.28. The second-order valence-electron chi connectivity index (χ2n) is 10.9. The van der Waals surface area contributed by atoms with Gasteiger partial charge in [-0.25, -0.2) is 13.4 Å². The van der Waals surface area contributed by atoms with Crippen LogP contribution in [0.5, 0.6) is 5.75 Å². The number of nitrogens with zero attached hydrogens (tertiary/aromatic N) is 2. The van der Waals surface area contributed by atoms with E-state index in [0.29, 0.717) is 30.7 Å². The Morgan fingerprint density at radius 3 is 2.29 bits per heavy atom. The van der Waals surface area contributed by atoms with E-state index in [4.69, 9.17) is 9.47 Å². The quantitative estimate of drug-likeness (QED) is 0.166. The van der Waals surface area contributed by atoms with Gasteiger partial charge in [-0.2, -0.15) is 4.98 Å². The number of aryl methyl sites for hydroxylation is 1. The lowest BCUT2D eigenvalue weighted by Crippen LogP contribution is -2.26. The minimum Gasteiger partial charge on any atom is -0.492 e. The van der Waals surface area contributed by atoms with E-state index in [1.165, 1.54) is 0 Å². The second-order valence-corrected chi connectivity index (χ2v) is 12.9. The summed E-state index contributed by atoms with van der Waals surface area (Å²) in [7, 11) is -3.42. The first-order valence-electron chi connectivity index (χ1n) is 14.0. The number of hydrogen-bond acceptors (Lipinski definition) is 10. The summed E-state index contributed by atoms with van der Waals surface area (Å²) >= 11 is 0. The van der Waals surface area contributed by atoms with Crippen molar-refractivity contribution in [3.8, 4) is 5.75 Å². The van der Waals surface area contributed by atoms with E-state index >= 15 is 0 Å².